The standard InChI is InChI=1S/C16H22FN5OS/c1-5-16(3,4)19-14(23)10(2)24-15-21-20-13(22(15)18)11-8-6-7-9-12(11)17/h6-10H,5,18H2,1-4H3,(H,19,23). The second kappa shape index (κ2) is 7.21. The Hall–Kier alpha value is -2.09. The summed E-state index contributed by atoms with van der Waals surface area (Å²) in [6.07, 6.45) is 0.820. The van der Waals surface area contributed by atoms with Crippen molar-refractivity contribution in [3.63, 3.8) is 0 Å². The summed E-state index contributed by atoms with van der Waals surface area (Å²) >= 11 is 1.18. The zero-order valence-corrected chi connectivity index (χ0v) is 15.0. The van der Waals surface area contributed by atoms with Crippen LogP contribution < -0.4 is 11.2 Å². The van der Waals surface area contributed by atoms with Gasteiger partial charge >= 0.3 is 0 Å². The molecule has 1 aromatic carbocycles. The van der Waals surface area contributed by atoms with Crippen molar-refractivity contribution in [2.45, 2.75) is 50.1 Å². The van der Waals surface area contributed by atoms with Gasteiger partial charge in [-0.3, -0.25) is 4.79 Å². The van der Waals surface area contributed by atoms with E-state index in [1.807, 2.05) is 20.8 Å². The van der Waals surface area contributed by atoms with Crippen molar-refractivity contribution in [1.82, 2.24) is 20.2 Å². The number of benzene rings is 1. The molecular weight excluding hydrogens is 329 g/mol. The van der Waals surface area contributed by atoms with Crippen LogP contribution in [0.25, 0.3) is 11.4 Å². The Morgan fingerprint density at radius 3 is 2.71 bits per heavy atom. The fourth-order valence-electron chi connectivity index (χ4n) is 1.92. The highest BCUT2D eigenvalue weighted by Crippen LogP contribution is 2.26. The van der Waals surface area contributed by atoms with Gasteiger partial charge in [-0.05, 0) is 39.3 Å². The second-order valence-corrected chi connectivity index (χ2v) is 7.45. The number of hydrogen-bond acceptors (Lipinski definition) is 5. The Bertz CT molecular complexity index is 731. The van der Waals surface area contributed by atoms with E-state index in [-0.39, 0.29) is 22.8 Å². The number of nitrogens with zero attached hydrogens (tertiary/aromatic N) is 3. The lowest BCUT2D eigenvalue weighted by Crippen LogP contribution is -2.46. The molecular formula is C16H22FN5OS. The first kappa shape index (κ1) is 18.3. The van der Waals surface area contributed by atoms with E-state index in [2.05, 4.69) is 15.5 Å². The number of rotatable bonds is 6. The number of hydrogen-bond donors (Lipinski definition) is 2. The van der Waals surface area contributed by atoms with Gasteiger partial charge in [0.1, 0.15) is 5.82 Å². The summed E-state index contributed by atoms with van der Waals surface area (Å²) in [7, 11) is 0. The van der Waals surface area contributed by atoms with Crippen molar-refractivity contribution < 1.29 is 9.18 Å². The van der Waals surface area contributed by atoms with Crippen molar-refractivity contribution in [2.24, 2.45) is 0 Å². The monoisotopic (exact) mass is 351 g/mol. The first-order valence-corrected chi connectivity index (χ1v) is 8.57. The summed E-state index contributed by atoms with van der Waals surface area (Å²) < 4.78 is 15.1. The van der Waals surface area contributed by atoms with Crippen LogP contribution in [0.4, 0.5) is 4.39 Å². The molecule has 0 radical (unpaired) electrons. The van der Waals surface area contributed by atoms with E-state index < -0.39 is 11.1 Å². The Kier molecular flexibility index (Phi) is 5.48. The van der Waals surface area contributed by atoms with Crippen LogP contribution >= 0.6 is 11.8 Å². The fraction of sp³-hybridized carbons (Fsp3) is 0.438. The maximum absolute atomic E-state index is 13.9. The maximum atomic E-state index is 13.9. The summed E-state index contributed by atoms with van der Waals surface area (Å²) in [6.45, 7) is 7.70. The first-order valence-electron chi connectivity index (χ1n) is 7.69. The Morgan fingerprint density at radius 1 is 1.42 bits per heavy atom. The predicted octanol–water partition coefficient (Wildman–Crippen LogP) is 2.58. The minimum atomic E-state index is -0.427. The van der Waals surface area contributed by atoms with Crippen molar-refractivity contribution in [3.05, 3.63) is 30.1 Å². The quantitative estimate of drug-likeness (QED) is 0.617. The lowest BCUT2D eigenvalue weighted by Gasteiger charge is -2.26. The lowest BCUT2D eigenvalue weighted by molar-refractivity contribution is -0.121. The summed E-state index contributed by atoms with van der Waals surface area (Å²) in [4.78, 5) is 12.3. The fourth-order valence-corrected chi connectivity index (χ4v) is 2.69. The highest BCUT2D eigenvalue weighted by atomic mass is 32.2. The average molecular weight is 351 g/mol. The highest BCUT2D eigenvalue weighted by molar-refractivity contribution is 8.00. The van der Waals surface area contributed by atoms with Crippen LogP contribution in [0.5, 0.6) is 0 Å². The van der Waals surface area contributed by atoms with Crippen LogP contribution in [0.1, 0.15) is 34.1 Å². The summed E-state index contributed by atoms with van der Waals surface area (Å²) in [5, 5.41) is 10.8. The SMILES string of the molecule is CCC(C)(C)NC(=O)C(C)Sc1nnc(-c2ccccc2F)n1N. The number of aromatic nitrogens is 3. The normalized spacial score (nSPS) is 12.9. The number of amides is 1. The zero-order valence-electron chi connectivity index (χ0n) is 14.2. The second-order valence-electron chi connectivity index (χ2n) is 6.14. The average Bonchev–Trinajstić information content (AvgIpc) is 2.88. The van der Waals surface area contributed by atoms with Crippen LogP contribution in [-0.2, 0) is 4.79 Å². The molecule has 0 saturated heterocycles. The van der Waals surface area contributed by atoms with Gasteiger partial charge < -0.3 is 11.2 Å². The molecule has 1 atom stereocenters. The molecule has 2 aromatic rings. The molecule has 0 saturated carbocycles. The van der Waals surface area contributed by atoms with E-state index >= 15 is 0 Å². The number of halogens is 1. The van der Waals surface area contributed by atoms with Crippen molar-refractivity contribution in [3.8, 4) is 11.4 Å². The number of thioether (sulfide) groups is 1. The smallest absolute Gasteiger partial charge is 0.233 e. The molecule has 0 fully saturated rings. The van der Waals surface area contributed by atoms with Gasteiger partial charge in [0.15, 0.2) is 5.82 Å². The van der Waals surface area contributed by atoms with Gasteiger partial charge in [-0.1, -0.05) is 30.8 Å². The molecule has 1 amide bonds. The van der Waals surface area contributed by atoms with Gasteiger partial charge in [0.05, 0.1) is 10.8 Å². The summed E-state index contributed by atoms with van der Waals surface area (Å²) in [6, 6.07) is 6.20. The third-order valence-corrected chi connectivity index (χ3v) is 4.83. The van der Waals surface area contributed by atoms with Gasteiger partial charge in [0.2, 0.25) is 11.1 Å². The van der Waals surface area contributed by atoms with E-state index in [1.165, 1.54) is 22.5 Å². The number of nitrogens with one attached hydrogen (secondary N) is 1. The molecule has 1 heterocycles. The molecule has 2 rings (SSSR count). The zero-order chi connectivity index (χ0) is 17.9. The van der Waals surface area contributed by atoms with Crippen LogP contribution in [0.3, 0.4) is 0 Å². The molecule has 1 aromatic heterocycles. The van der Waals surface area contributed by atoms with E-state index in [4.69, 9.17) is 5.84 Å². The summed E-state index contributed by atoms with van der Waals surface area (Å²) in [5.74, 6) is 5.66. The van der Waals surface area contributed by atoms with E-state index in [0.717, 1.165) is 6.42 Å². The first-order chi connectivity index (χ1) is 11.2. The molecule has 0 aliphatic rings. The van der Waals surface area contributed by atoms with E-state index in [9.17, 15) is 9.18 Å². The van der Waals surface area contributed by atoms with Crippen LogP contribution in [0.2, 0.25) is 0 Å². The number of nitrogen functional groups attached to an aromatic ring is 1. The topological polar surface area (TPSA) is 85.8 Å². The molecule has 0 bridgehead atoms. The van der Waals surface area contributed by atoms with E-state index in [0.29, 0.717) is 5.16 Å². The van der Waals surface area contributed by atoms with Gasteiger partial charge in [0.25, 0.3) is 0 Å². The lowest BCUT2D eigenvalue weighted by atomic mass is 10.0. The predicted molar refractivity (Wildman–Crippen MR) is 93.4 cm³/mol. The van der Waals surface area contributed by atoms with Crippen molar-refractivity contribution in [1.29, 1.82) is 0 Å². The highest BCUT2D eigenvalue weighted by Gasteiger charge is 2.25. The van der Waals surface area contributed by atoms with E-state index in [1.54, 1.807) is 25.1 Å². The molecule has 0 aliphatic heterocycles. The Balaban J connectivity index is 2.15. The van der Waals surface area contributed by atoms with Crippen LogP contribution in [0.15, 0.2) is 29.4 Å². The van der Waals surface area contributed by atoms with Gasteiger partial charge in [-0.2, -0.15) is 0 Å². The van der Waals surface area contributed by atoms with Crippen LogP contribution in [0, 0.1) is 5.82 Å². The third kappa shape index (κ3) is 4.05. The molecule has 1 unspecified atom stereocenters. The van der Waals surface area contributed by atoms with Crippen LogP contribution in [-0.4, -0.2) is 31.6 Å². The number of carbonyl (C=O) groups excluding carboxylic acids is 1. The molecule has 24 heavy (non-hydrogen) atoms. The molecule has 0 aliphatic carbocycles. The van der Waals surface area contributed by atoms with Crippen molar-refractivity contribution >= 4 is 17.7 Å². The minimum absolute atomic E-state index is 0.109. The third-order valence-electron chi connectivity index (χ3n) is 3.78. The molecule has 8 heteroatoms. The Morgan fingerprint density at radius 2 is 2.08 bits per heavy atom. The largest absolute Gasteiger partial charge is 0.350 e. The molecule has 3 N–H and O–H groups in total. The van der Waals surface area contributed by atoms with Gasteiger partial charge in [-0.25, -0.2) is 9.07 Å². The minimum Gasteiger partial charge on any atom is -0.350 e. The van der Waals surface area contributed by atoms with Gasteiger partial charge in [-0.15, -0.1) is 10.2 Å². The molecule has 130 valence electrons. The summed E-state index contributed by atoms with van der Waals surface area (Å²) in [5.41, 5.74) is -0.00997. The number of carbonyl (C=O) groups is 1. The van der Waals surface area contributed by atoms with Gasteiger partial charge in [0, 0.05) is 5.54 Å². The molecule has 0 spiro atoms. The molecule has 6 nitrogen and oxygen atoms in total. The Labute approximate surface area is 145 Å². The van der Waals surface area contributed by atoms with Crippen molar-refractivity contribution in [2.75, 3.05) is 5.84 Å². The maximum Gasteiger partial charge on any atom is 0.233 e. The number of nitrogens with two attached hydrogens (primary N) is 1.